The first kappa shape index (κ1) is 12.0. The van der Waals surface area contributed by atoms with E-state index in [-0.39, 0.29) is 0 Å². The molecule has 13 heavy (non-hydrogen) atoms. The summed E-state index contributed by atoms with van der Waals surface area (Å²) in [7, 11) is -5.61. The van der Waals surface area contributed by atoms with Gasteiger partial charge in [0, 0.05) is 0 Å². The molecule has 5 heteroatoms. The van der Waals surface area contributed by atoms with Crippen molar-refractivity contribution < 1.29 is 19.2 Å². The maximum atomic E-state index is 8.58. The number of hydrogen-bond donors (Lipinski definition) is 0. The Kier molecular flexibility index (Phi) is 5.20. The summed E-state index contributed by atoms with van der Waals surface area (Å²) in [5, 5.41) is 0. The summed E-state index contributed by atoms with van der Waals surface area (Å²) in [6, 6.07) is 10.0. The van der Waals surface area contributed by atoms with Crippen molar-refractivity contribution in [1.82, 2.24) is 0 Å². The molecule has 0 radical (unpaired) electrons. The summed E-state index contributed by atoms with van der Waals surface area (Å²) in [4.78, 5) is 34.3. The van der Waals surface area contributed by atoms with E-state index in [0.29, 0.717) is 0 Å². The third kappa shape index (κ3) is 11.0. The smallest absolute Gasteiger partial charge is 0.0263 e. The van der Waals surface area contributed by atoms with Crippen LogP contribution in [0.2, 0.25) is 0 Å². The van der Waals surface area contributed by atoms with Gasteiger partial charge in [-0.25, -0.2) is 0 Å². The van der Waals surface area contributed by atoms with Crippen molar-refractivity contribution in [3.8, 4) is 0 Å². The van der Waals surface area contributed by atoms with E-state index in [4.69, 9.17) is 19.2 Å². The van der Waals surface area contributed by atoms with Crippen LogP contribution in [0.5, 0.6) is 0 Å². The topological polar surface area (TPSA) is 92.2 Å². The highest BCUT2D eigenvalue weighted by Crippen LogP contribution is 1.97. The molecule has 0 aliphatic rings. The van der Waals surface area contributed by atoms with Crippen LogP contribution in [0.1, 0.15) is 5.56 Å². The Morgan fingerprint density at radius 3 is 1.62 bits per heavy atom. The summed E-state index contributed by atoms with van der Waals surface area (Å²) in [5.41, 5.74) is 1.17. The fraction of sp³-hybridized carbons (Fsp3) is 0. The molecule has 0 heterocycles. The zero-order valence-corrected chi connectivity index (χ0v) is 7.80. The summed E-state index contributed by atoms with van der Waals surface area (Å²) < 4.78 is 0. The van der Waals surface area contributed by atoms with Crippen LogP contribution in [0.3, 0.4) is 0 Å². The maximum Gasteiger partial charge on any atom is -0.0263 e. The molecule has 1 aromatic carbocycles. The van der Waals surface area contributed by atoms with Crippen LogP contribution in [0, 0.1) is 0 Å². The van der Waals surface area contributed by atoms with Crippen LogP contribution in [0.4, 0.5) is 0 Å². The average molecular weight is 196 g/mol. The van der Waals surface area contributed by atoms with Crippen molar-refractivity contribution in [2.45, 2.75) is 0 Å². The van der Waals surface area contributed by atoms with Crippen molar-refractivity contribution in [3.05, 3.63) is 42.5 Å². The Labute approximate surface area is 77.5 Å². The monoisotopic (exact) mass is 196 g/mol. The molecule has 1 rings (SSSR count). The van der Waals surface area contributed by atoms with E-state index in [0.717, 1.165) is 0 Å². The van der Waals surface area contributed by atoms with Gasteiger partial charge < -0.3 is 28.2 Å². The Balaban J connectivity index is 0.000000252. The number of rotatable bonds is 1. The number of hydrogen-bond acceptors (Lipinski definition) is 4. The van der Waals surface area contributed by atoms with Gasteiger partial charge in [-0.3, -0.25) is 0 Å². The van der Waals surface area contributed by atoms with Crippen LogP contribution >= 0.6 is 0 Å². The molecule has 0 saturated carbocycles. The standard InChI is InChI=1S/C8H8.O4Si/c1-2-8-6-4-3-5-7-8;1-5(2,3)4/h2-7H,1H2;/q;-4. The van der Waals surface area contributed by atoms with Crippen molar-refractivity contribution in [2.75, 3.05) is 0 Å². The lowest BCUT2D eigenvalue weighted by molar-refractivity contribution is -0.624. The van der Waals surface area contributed by atoms with Crippen molar-refractivity contribution in [1.29, 1.82) is 0 Å². The fourth-order valence-corrected chi connectivity index (χ4v) is 0.589. The summed E-state index contributed by atoms with van der Waals surface area (Å²) in [5.74, 6) is 0. The second-order valence-corrected chi connectivity index (χ2v) is 3.11. The highest BCUT2D eigenvalue weighted by molar-refractivity contribution is 6.38. The zero-order chi connectivity index (χ0) is 10.3. The lowest BCUT2D eigenvalue weighted by atomic mass is 10.2. The molecule has 0 bridgehead atoms. The lowest BCUT2D eigenvalue weighted by Gasteiger charge is -2.67. The summed E-state index contributed by atoms with van der Waals surface area (Å²) >= 11 is 0. The third-order valence-corrected chi connectivity index (χ3v) is 1.04. The SMILES string of the molecule is C=Cc1ccccc1.[O-][Si]([O-])([O-])[O-]. The van der Waals surface area contributed by atoms with Crippen LogP contribution in [-0.4, -0.2) is 9.05 Å². The molecule has 0 aromatic heterocycles. The highest BCUT2D eigenvalue weighted by atomic mass is 28.4. The van der Waals surface area contributed by atoms with Gasteiger partial charge in [0.25, 0.3) is 0 Å². The van der Waals surface area contributed by atoms with E-state index >= 15 is 0 Å². The highest BCUT2D eigenvalue weighted by Gasteiger charge is 1.75. The first-order valence-corrected chi connectivity index (χ1v) is 5.06. The molecule has 1 aromatic rings. The fourth-order valence-electron chi connectivity index (χ4n) is 0.589. The molecule has 0 N–H and O–H groups in total. The Morgan fingerprint density at radius 2 is 1.38 bits per heavy atom. The van der Waals surface area contributed by atoms with Gasteiger partial charge >= 0.3 is 0 Å². The second-order valence-electron chi connectivity index (χ2n) is 2.11. The van der Waals surface area contributed by atoms with Gasteiger partial charge in [0.1, 0.15) is 0 Å². The molecule has 0 saturated heterocycles. The second kappa shape index (κ2) is 5.63. The van der Waals surface area contributed by atoms with Crippen LogP contribution in [-0.2, 0) is 0 Å². The largest absolute Gasteiger partial charge is 0.894 e. The average Bonchev–Trinajstić information content (AvgIpc) is 2.03. The number of benzene rings is 1. The van der Waals surface area contributed by atoms with E-state index in [9.17, 15) is 0 Å². The van der Waals surface area contributed by atoms with Crippen molar-refractivity contribution in [2.24, 2.45) is 0 Å². The molecular formula is C8H8O4Si-4. The molecule has 0 fully saturated rings. The van der Waals surface area contributed by atoms with Gasteiger partial charge in [0.2, 0.25) is 0 Å². The third-order valence-electron chi connectivity index (χ3n) is 1.04. The summed E-state index contributed by atoms with van der Waals surface area (Å²) in [6.07, 6.45) is 1.83. The van der Waals surface area contributed by atoms with Crippen molar-refractivity contribution >= 4 is 15.1 Å². The Morgan fingerprint density at radius 1 is 1.00 bits per heavy atom. The van der Waals surface area contributed by atoms with E-state index in [1.165, 1.54) is 5.56 Å². The molecule has 0 spiro atoms. The summed E-state index contributed by atoms with van der Waals surface area (Å²) in [6.45, 7) is 3.63. The molecular weight excluding hydrogens is 188 g/mol. The molecule has 0 aliphatic heterocycles. The van der Waals surface area contributed by atoms with Gasteiger partial charge in [0.15, 0.2) is 0 Å². The van der Waals surface area contributed by atoms with Gasteiger partial charge in [-0.1, -0.05) is 43.0 Å². The first-order valence-electron chi connectivity index (χ1n) is 3.42. The van der Waals surface area contributed by atoms with Crippen LogP contribution in [0.25, 0.3) is 6.08 Å². The zero-order valence-electron chi connectivity index (χ0n) is 6.80. The molecule has 0 atom stereocenters. The predicted molar refractivity (Wildman–Crippen MR) is 42.3 cm³/mol. The Bertz CT molecular complexity index is 236. The van der Waals surface area contributed by atoms with Gasteiger partial charge in [-0.05, 0) is 5.56 Å². The van der Waals surface area contributed by atoms with Gasteiger partial charge in [0.05, 0.1) is 0 Å². The van der Waals surface area contributed by atoms with E-state index in [1.807, 2.05) is 36.4 Å². The lowest BCUT2D eigenvalue weighted by Crippen LogP contribution is -2.82. The van der Waals surface area contributed by atoms with Crippen LogP contribution < -0.4 is 19.2 Å². The maximum absolute atomic E-state index is 8.58. The first-order chi connectivity index (χ1) is 5.93. The van der Waals surface area contributed by atoms with Crippen molar-refractivity contribution in [3.63, 3.8) is 0 Å². The van der Waals surface area contributed by atoms with E-state index in [1.54, 1.807) is 0 Å². The minimum atomic E-state index is -5.61. The Hall–Kier alpha value is -0.983. The molecule has 0 unspecified atom stereocenters. The predicted octanol–water partition coefficient (Wildman–Crippen LogP) is -2.81. The molecule has 0 aliphatic carbocycles. The van der Waals surface area contributed by atoms with E-state index < -0.39 is 9.05 Å². The minimum Gasteiger partial charge on any atom is -0.894 e. The van der Waals surface area contributed by atoms with Gasteiger partial charge in [-0.15, -0.1) is 0 Å². The molecule has 72 valence electrons. The normalized spacial score (nSPS) is 9.85. The van der Waals surface area contributed by atoms with E-state index in [2.05, 4.69) is 6.58 Å². The van der Waals surface area contributed by atoms with Crippen LogP contribution in [0.15, 0.2) is 36.9 Å². The molecule has 4 nitrogen and oxygen atoms in total. The molecule has 0 amide bonds. The quantitative estimate of drug-likeness (QED) is 0.453. The minimum absolute atomic E-state index is 1.17. The van der Waals surface area contributed by atoms with Gasteiger partial charge in [-0.2, -0.15) is 0 Å².